The van der Waals surface area contributed by atoms with Gasteiger partial charge in [0, 0.05) is 22.9 Å². The molecule has 6 rings (SSSR count). The lowest BCUT2D eigenvalue weighted by Gasteiger charge is -2.13. The summed E-state index contributed by atoms with van der Waals surface area (Å²) in [6.07, 6.45) is 0. The second-order valence-electron chi connectivity index (χ2n) is 8.04. The largest absolute Gasteiger partial charge is 0.316 e. The molecular formula is C22H12N4O6. The molecule has 6 aromatic rings. The van der Waals surface area contributed by atoms with E-state index in [9.17, 15) is 29.8 Å². The van der Waals surface area contributed by atoms with E-state index in [0.29, 0.717) is 54.2 Å². The van der Waals surface area contributed by atoms with E-state index in [1.165, 1.54) is 12.1 Å². The van der Waals surface area contributed by atoms with Crippen LogP contribution in [0.3, 0.4) is 0 Å². The predicted molar refractivity (Wildman–Crippen MR) is 120 cm³/mol. The Morgan fingerprint density at radius 3 is 1.44 bits per heavy atom. The minimum Gasteiger partial charge on any atom is -0.316 e. The van der Waals surface area contributed by atoms with Crippen molar-refractivity contribution in [2.75, 3.05) is 0 Å². The summed E-state index contributed by atoms with van der Waals surface area (Å²) < 4.78 is 0. The first-order valence-corrected chi connectivity index (χ1v) is 9.65. The van der Waals surface area contributed by atoms with E-state index in [1.54, 1.807) is 26.0 Å². The van der Waals surface area contributed by atoms with Crippen molar-refractivity contribution in [3.63, 3.8) is 0 Å². The van der Waals surface area contributed by atoms with Crippen molar-refractivity contribution >= 4 is 65.5 Å². The highest BCUT2D eigenvalue weighted by Gasteiger charge is 2.27. The maximum absolute atomic E-state index is 12.7. The summed E-state index contributed by atoms with van der Waals surface area (Å²) in [7, 11) is 0. The summed E-state index contributed by atoms with van der Waals surface area (Å²) in [5, 5.41) is 27.3. The molecule has 32 heavy (non-hydrogen) atoms. The minimum absolute atomic E-state index is 0.138. The summed E-state index contributed by atoms with van der Waals surface area (Å²) in [4.78, 5) is 52.7. The van der Waals surface area contributed by atoms with Crippen LogP contribution in [0.25, 0.3) is 54.1 Å². The first-order chi connectivity index (χ1) is 15.2. The van der Waals surface area contributed by atoms with Gasteiger partial charge in [-0.2, -0.15) is 0 Å². The number of fused-ring (bicyclic) bond motifs is 3. The number of aromatic nitrogens is 2. The Kier molecular flexibility index (Phi) is 3.15. The second kappa shape index (κ2) is 5.55. The third kappa shape index (κ3) is 1.98. The van der Waals surface area contributed by atoms with Gasteiger partial charge in [0.2, 0.25) is 0 Å². The van der Waals surface area contributed by atoms with Gasteiger partial charge in [-0.25, -0.2) is 0 Å². The molecule has 0 saturated carbocycles. The first-order valence-electron chi connectivity index (χ1n) is 9.65. The molecule has 4 aromatic carbocycles. The molecule has 0 saturated heterocycles. The standard InChI is InChI=1S/C22H12N4O6/c1-7-3-12(25(29)30)19-17-10(21(27)23-19)5-9-6-11-18-15(16(9)14(7)17)8(2)4-13(26(31)32)20(18)24-22(11)28/h3-6H,1-2H3,(H,23,27)(H,24,28). The lowest BCUT2D eigenvalue weighted by Crippen LogP contribution is -1.98. The van der Waals surface area contributed by atoms with Crippen molar-refractivity contribution in [3.05, 3.63) is 76.3 Å². The van der Waals surface area contributed by atoms with Crippen LogP contribution in [0.2, 0.25) is 0 Å². The molecule has 0 atom stereocenters. The van der Waals surface area contributed by atoms with Gasteiger partial charge < -0.3 is 9.97 Å². The Bertz CT molecular complexity index is 1810. The van der Waals surface area contributed by atoms with E-state index in [-0.39, 0.29) is 22.4 Å². The third-order valence-electron chi connectivity index (χ3n) is 6.29. The molecule has 0 radical (unpaired) electrons. The quantitative estimate of drug-likeness (QED) is 0.240. The second-order valence-corrected chi connectivity index (χ2v) is 8.04. The van der Waals surface area contributed by atoms with E-state index >= 15 is 0 Å². The average molecular weight is 428 g/mol. The van der Waals surface area contributed by atoms with Crippen molar-refractivity contribution in [3.8, 4) is 0 Å². The normalized spacial score (nSPS) is 12.2. The molecule has 0 unspecified atom stereocenters. The fraction of sp³-hybridized carbons (Fsp3) is 0.0909. The average Bonchev–Trinajstić information content (AvgIpc) is 3.23. The van der Waals surface area contributed by atoms with Crippen LogP contribution >= 0.6 is 0 Å². The molecule has 2 aromatic heterocycles. The fourth-order valence-electron chi connectivity index (χ4n) is 5.10. The van der Waals surface area contributed by atoms with Crippen LogP contribution in [0.15, 0.2) is 33.9 Å². The topological polar surface area (TPSA) is 152 Å². The summed E-state index contributed by atoms with van der Waals surface area (Å²) in [6, 6.07) is 6.07. The van der Waals surface area contributed by atoms with Crippen LogP contribution in [0.4, 0.5) is 11.4 Å². The molecule has 2 heterocycles. The number of nitrogens with zero attached hydrogens (tertiary/aromatic N) is 2. The monoisotopic (exact) mass is 428 g/mol. The maximum Gasteiger partial charge on any atom is 0.293 e. The molecule has 10 heteroatoms. The molecule has 0 fully saturated rings. The van der Waals surface area contributed by atoms with Gasteiger partial charge in [0.25, 0.3) is 22.5 Å². The lowest BCUT2D eigenvalue weighted by atomic mass is 9.89. The van der Waals surface area contributed by atoms with Crippen LogP contribution in [0.5, 0.6) is 0 Å². The van der Waals surface area contributed by atoms with E-state index in [1.807, 2.05) is 0 Å². The molecule has 0 bridgehead atoms. The van der Waals surface area contributed by atoms with Crippen molar-refractivity contribution in [1.82, 2.24) is 9.97 Å². The highest BCUT2D eigenvalue weighted by atomic mass is 16.6. The van der Waals surface area contributed by atoms with E-state index in [4.69, 9.17) is 0 Å². The molecule has 10 nitrogen and oxygen atoms in total. The molecule has 0 spiro atoms. The van der Waals surface area contributed by atoms with Crippen LogP contribution in [0.1, 0.15) is 11.1 Å². The highest BCUT2D eigenvalue weighted by molar-refractivity contribution is 6.34. The number of nitro groups is 2. The van der Waals surface area contributed by atoms with Crippen molar-refractivity contribution < 1.29 is 9.85 Å². The van der Waals surface area contributed by atoms with Crippen molar-refractivity contribution in [2.45, 2.75) is 13.8 Å². The summed E-state index contributed by atoms with van der Waals surface area (Å²) >= 11 is 0. The number of rotatable bonds is 2. The number of non-ortho nitro benzene ring substituents is 2. The lowest BCUT2D eigenvalue weighted by molar-refractivity contribution is -0.383. The number of benzene rings is 4. The molecule has 0 aliphatic heterocycles. The summed E-state index contributed by atoms with van der Waals surface area (Å²) in [5.74, 6) is 0. The molecule has 0 aliphatic carbocycles. The van der Waals surface area contributed by atoms with Crippen LogP contribution in [-0.2, 0) is 0 Å². The summed E-state index contributed by atoms with van der Waals surface area (Å²) in [5.41, 5.74) is 0.145. The number of H-pyrrole nitrogens is 2. The van der Waals surface area contributed by atoms with E-state index in [0.717, 1.165) is 0 Å². The number of nitrogens with one attached hydrogen (secondary N) is 2. The zero-order chi connectivity index (χ0) is 22.6. The van der Waals surface area contributed by atoms with E-state index in [2.05, 4.69) is 9.97 Å². The van der Waals surface area contributed by atoms with Gasteiger partial charge in [0.15, 0.2) is 0 Å². The molecule has 156 valence electrons. The Morgan fingerprint density at radius 2 is 1.06 bits per heavy atom. The Labute approximate surface area is 176 Å². The number of hydrogen-bond acceptors (Lipinski definition) is 6. The molecule has 0 amide bonds. The maximum atomic E-state index is 12.7. The zero-order valence-corrected chi connectivity index (χ0v) is 16.7. The van der Waals surface area contributed by atoms with Crippen molar-refractivity contribution in [2.24, 2.45) is 0 Å². The molecular weight excluding hydrogens is 416 g/mol. The van der Waals surface area contributed by atoms with E-state index < -0.39 is 21.0 Å². The highest BCUT2D eigenvalue weighted by Crippen LogP contribution is 2.44. The predicted octanol–water partition coefficient (Wildman–Crippen LogP) is 4.14. The number of nitro benzene ring substituents is 2. The van der Waals surface area contributed by atoms with Crippen LogP contribution in [0, 0.1) is 34.1 Å². The van der Waals surface area contributed by atoms with Crippen LogP contribution < -0.4 is 11.1 Å². The summed E-state index contributed by atoms with van der Waals surface area (Å²) in [6.45, 7) is 3.45. The Balaban J connectivity index is 2.02. The van der Waals surface area contributed by atoms with Gasteiger partial charge in [-0.3, -0.25) is 29.8 Å². The Hall–Kier alpha value is -4.60. The van der Waals surface area contributed by atoms with Gasteiger partial charge in [-0.05, 0) is 58.7 Å². The minimum atomic E-state index is -0.536. The number of hydrogen-bond donors (Lipinski definition) is 2. The van der Waals surface area contributed by atoms with Gasteiger partial charge in [0.05, 0.1) is 20.6 Å². The number of aryl methyl sites for hydroxylation is 2. The van der Waals surface area contributed by atoms with Gasteiger partial charge in [-0.15, -0.1) is 0 Å². The molecule has 0 aliphatic rings. The fourth-order valence-corrected chi connectivity index (χ4v) is 5.10. The SMILES string of the molecule is Cc1cc([N+](=O)[O-])c2[nH]c(=O)c3cc4cc5c(=O)[nH]c6c([N+](=O)[O-])cc(C)c(c65)c4c1c23. The van der Waals surface area contributed by atoms with Crippen LogP contribution in [-0.4, -0.2) is 19.8 Å². The van der Waals surface area contributed by atoms with Gasteiger partial charge >= 0.3 is 0 Å². The third-order valence-corrected chi connectivity index (χ3v) is 6.29. The smallest absolute Gasteiger partial charge is 0.293 e. The first kappa shape index (κ1) is 18.2. The zero-order valence-electron chi connectivity index (χ0n) is 16.7. The van der Waals surface area contributed by atoms with Crippen molar-refractivity contribution in [1.29, 1.82) is 0 Å². The number of aromatic amines is 2. The molecule has 2 N–H and O–H groups in total. The Morgan fingerprint density at radius 1 is 0.656 bits per heavy atom. The van der Waals surface area contributed by atoms with Gasteiger partial charge in [0.1, 0.15) is 11.0 Å². The van der Waals surface area contributed by atoms with Gasteiger partial charge in [-0.1, -0.05) is 0 Å².